The maximum Gasteiger partial charge on any atom is 0.0327 e. The van der Waals surface area contributed by atoms with Gasteiger partial charge < -0.3 is 5.32 Å². The van der Waals surface area contributed by atoms with E-state index in [2.05, 4.69) is 46.5 Å². The minimum Gasteiger partial charge on any atom is -0.312 e. The molecule has 1 heterocycles. The van der Waals surface area contributed by atoms with Gasteiger partial charge in [-0.2, -0.15) is 0 Å². The average molecular weight is 276 g/mol. The molecule has 1 atom stereocenters. The summed E-state index contributed by atoms with van der Waals surface area (Å²) >= 11 is 5.34. The molecule has 0 saturated heterocycles. The molecule has 0 aliphatic carbocycles. The van der Waals surface area contributed by atoms with E-state index in [1.807, 2.05) is 0 Å². The van der Waals surface area contributed by atoms with Gasteiger partial charge in [0.2, 0.25) is 0 Å². The van der Waals surface area contributed by atoms with Crippen molar-refractivity contribution in [3.63, 3.8) is 0 Å². The lowest BCUT2D eigenvalue weighted by molar-refractivity contribution is 0.477. The van der Waals surface area contributed by atoms with E-state index < -0.39 is 0 Å². The van der Waals surface area contributed by atoms with Gasteiger partial charge in [0.1, 0.15) is 0 Å². The van der Waals surface area contributed by atoms with Crippen LogP contribution in [-0.4, -0.2) is 6.54 Å². The predicted octanol–water partition coefficient (Wildman–Crippen LogP) is 4.04. The van der Waals surface area contributed by atoms with Crippen molar-refractivity contribution in [3.05, 3.63) is 20.8 Å². The SMILES string of the molecule is CCCC(C)CNCc1sccc1Br. The Labute approximate surface area is 99.0 Å². The molecule has 0 aromatic carbocycles. The molecule has 0 aliphatic rings. The van der Waals surface area contributed by atoms with Gasteiger partial charge in [0, 0.05) is 15.9 Å². The minimum absolute atomic E-state index is 0.790. The summed E-state index contributed by atoms with van der Waals surface area (Å²) in [7, 11) is 0. The first-order chi connectivity index (χ1) is 6.74. The number of hydrogen-bond donors (Lipinski definition) is 1. The van der Waals surface area contributed by atoms with E-state index in [1.165, 1.54) is 22.2 Å². The van der Waals surface area contributed by atoms with Crippen molar-refractivity contribution < 1.29 is 0 Å². The van der Waals surface area contributed by atoms with Crippen molar-refractivity contribution in [2.75, 3.05) is 6.54 Å². The fraction of sp³-hybridized carbons (Fsp3) is 0.636. The molecule has 1 nitrogen and oxygen atoms in total. The Morgan fingerprint density at radius 2 is 2.36 bits per heavy atom. The molecule has 0 radical (unpaired) electrons. The van der Waals surface area contributed by atoms with Crippen LogP contribution < -0.4 is 5.32 Å². The van der Waals surface area contributed by atoms with Crippen molar-refractivity contribution in [1.82, 2.24) is 5.32 Å². The number of halogens is 1. The van der Waals surface area contributed by atoms with Crippen molar-refractivity contribution in [1.29, 1.82) is 0 Å². The minimum atomic E-state index is 0.790. The third-order valence-corrected chi connectivity index (χ3v) is 4.18. The molecule has 14 heavy (non-hydrogen) atoms. The zero-order chi connectivity index (χ0) is 10.4. The summed E-state index contributed by atoms with van der Waals surface area (Å²) in [4.78, 5) is 1.40. The number of nitrogens with one attached hydrogen (secondary N) is 1. The third-order valence-electron chi connectivity index (χ3n) is 2.25. The second-order valence-corrected chi connectivity index (χ2v) is 5.57. The molecule has 0 amide bonds. The maximum atomic E-state index is 3.53. The van der Waals surface area contributed by atoms with E-state index in [1.54, 1.807) is 11.3 Å². The van der Waals surface area contributed by atoms with Gasteiger partial charge in [-0.05, 0) is 46.3 Å². The Bertz CT molecular complexity index is 260. The van der Waals surface area contributed by atoms with Crippen molar-refractivity contribution in [3.8, 4) is 0 Å². The molecule has 0 aliphatic heterocycles. The fourth-order valence-corrected chi connectivity index (χ4v) is 2.94. The van der Waals surface area contributed by atoms with Gasteiger partial charge in [-0.1, -0.05) is 20.3 Å². The first-order valence-corrected chi connectivity index (χ1v) is 6.84. The van der Waals surface area contributed by atoms with E-state index in [9.17, 15) is 0 Å². The van der Waals surface area contributed by atoms with Crippen LogP contribution >= 0.6 is 27.3 Å². The second-order valence-electron chi connectivity index (χ2n) is 3.72. The highest BCUT2D eigenvalue weighted by molar-refractivity contribution is 9.10. The van der Waals surface area contributed by atoms with Gasteiger partial charge in [0.25, 0.3) is 0 Å². The van der Waals surface area contributed by atoms with Gasteiger partial charge in [0.05, 0.1) is 0 Å². The first-order valence-electron chi connectivity index (χ1n) is 5.16. The fourth-order valence-electron chi connectivity index (χ4n) is 1.48. The van der Waals surface area contributed by atoms with Gasteiger partial charge in [0.15, 0.2) is 0 Å². The van der Waals surface area contributed by atoms with Crippen LogP contribution in [-0.2, 0) is 6.54 Å². The van der Waals surface area contributed by atoms with Crippen LogP contribution in [0.1, 0.15) is 31.6 Å². The molecule has 1 rings (SSSR count). The average Bonchev–Trinajstić information content (AvgIpc) is 2.52. The molecule has 1 aromatic heterocycles. The zero-order valence-electron chi connectivity index (χ0n) is 8.85. The van der Waals surface area contributed by atoms with Crippen LogP contribution in [0.25, 0.3) is 0 Å². The van der Waals surface area contributed by atoms with Gasteiger partial charge in [-0.25, -0.2) is 0 Å². The summed E-state index contributed by atoms with van der Waals surface area (Å²) in [5.41, 5.74) is 0. The van der Waals surface area contributed by atoms with E-state index in [0.29, 0.717) is 0 Å². The monoisotopic (exact) mass is 275 g/mol. The van der Waals surface area contributed by atoms with Crippen LogP contribution in [0.4, 0.5) is 0 Å². The number of rotatable bonds is 6. The molecule has 0 saturated carbocycles. The van der Waals surface area contributed by atoms with E-state index >= 15 is 0 Å². The lowest BCUT2D eigenvalue weighted by Gasteiger charge is -2.10. The van der Waals surface area contributed by atoms with Crippen molar-refractivity contribution in [2.24, 2.45) is 5.92 Å². The van der Waals surface area contributed by atoms with E-state index in [-0.39, 0.29) is 0 Å². The van der Waals surface area contributed by atoms with Crippen LogP contribution in [0.2, 0.25) is 0 Å². The Morgan fingerprint density at radius 3 is 2.93 bits per heavy atom. The lowest BCUT2D eigenvalue weighted by Crippen LogP contribution is -2.20. The molecule has 0 bridgehead atoms. The molecular weight excluding hydrogens is 258 g/mol. The van der Waals surface area contributed by atoms with E-state index in [4.69, 9.17) is 0 Å². The molecule has 3 heteroatoms. The highest BCUT2D eigenvalue weighted by atomic mass is 79.9. The van der Waals surface area contributed by atoms with Crippen LogP contribution in [0.3, 0.4) is 0 Å². The Hall–Kier alpha value is 0.140. The van der Waals surface area contributed by atoms with Crippen LogP contribution in [0.5, 0.6) is 0 Å². The largest absolute Gasteiger partial charge is 0.312 e. The second kappa shape index (κ2) is 6.59. The lowest BCUT2D eigenvalue weighted by atomic mass is 10.1. The summed E-state index contributed by atoms with van der Waals surface area (Å²) in [6, 6.07) is 2.11. The molecule has 1 N–H and O–H groups in total. The van der Waals surface area contributed by atoms with Gasteiger partial charge >= 0.3 is 0 Å². The molecule has 1 unspecified atom stereocenters. The first kappa shape index (κ1) is 12.2. The van der Waals surface area contributed by atoms with Gasteiger partial charge in [-0.3, -0.25) is 0 Å². The van der Waals surface area contributed by atoms with Gasteiger partial charge in [-0.15, -0.1) is 11.3 Å². The zero-order valence-corrected chi connectivity index (χ0v) is 11.2. The maximum absolute atomic E-state index is 3.53. The molecule has 0 spiro atoms. The summed E-state index contributed by atoms with van der Waals surface area (Å²) < 4.78 is 1.23. The van der Waals surface area contributed by atoms with Crippen LogP contribution in [0, 0.1) is 5.92 Å². The topological polar surface area (TPSA) is 12.0 Å². The smallest absolute Gasteiger partial charge is 0.0327 e. The summed E-state index contributed by atoms with van der Waals surface area (Å²) in [5.74, 6) is 0.790. The molecule has 80 valence electrons. The standard InChI is InChI=1S/C11H18BrNS/c1-3-4-9(2)7-13-8-11-10(12)5-6-14-11/h5-6,9,13H,3-4,7-8H2,1-2H3. The Balaban J connectivity index is 2.19. The number of hydrogen-bond acceptors (Lipinski definition) is 2. The van der Waals surface area contributed by atoms with Crippen LogP contribution in [0.15, 0.2) is 15.9 Å². The highest BCUT2D eigenvalue weighted by Crippen LogP contribution is 2.22. The van der Waals surface area contributed by atoms with Crippen molar-refractivity contribution in [2.45, 2.75) is 33.2 Å². The molecular formula is C11H18BrNS. The summed E-state index contributed by atoms with van der Waals surface area (Å²) in [6.07, 6.45) is 2.60. The normalized spacial score (nSPS) is 13.1. The highest BCUT2D eigenvalue weighted by Gasteiger charge is 2.02. The Kier molecular flexibility index (Phi) is 5.75. The molecule has 1 aromatic rings. The summed E-state index contributed by atoms with van der Waals surface area (Å²) in [5, 5.41) is 5.62. The number of thiophene rings is 1. The quantitative estimate of drug-likeness (QED) is 0.827. The third kappa shape index (κ3) is 4.11. The Morgan fingerprint density at radius 1 is 1.57 bits per heavy atom. The predicted molar refractivity (Wildman–Crippen MR) is 67.8 cm³/mol. The van der Waals surface area contributed by atoms with E-state index in [0.717, 1.165) is 19.0 Å². The summed E-state index contributed by atoms with van der Waals surface area (Å²) in [6.45, 7) is 6.66. The molecule has 0 fully saturated rings. The van der Waals surface area contributed by atoms with Crippen molar-refractivity contribution >= 4 is 27.3 Å².